The summed E-state index contributed by atoms with van der Waals surface area (Å²) in [6, 6.07) is 0. The first kappa shape index (κ1) is 30.4. The molecule has 0 atom stereocenters. The Morgan fingerprint density at radius 2 is 1.25 bits per heavy atom. The first-order valence-electron chi connectivity index (χ1n) is 12.6. The molecule has 12 nitrogen and oxygen atoms in total. The molecule has 1 aromatic rings. The Labute approximate surface area is 210 Å². The SMILES string of the molecule is N#COCCCCCC/N=c1/oc(=O)n(CCCCCCN=C=O)c(=O)n1CCCCCCOC#N. The topological polar surface area (TPSA) is 165 Å². The van der Waals surface area contributed by atoms with Gasteiger partial charge in [0, 0.05) is 19.6 Å². The molecule has 0 bridgehead atoms. The summed E-state index contributed by atoms with van der Waals surface area (Å²) in [6.07, 6.45) is 14.2. The van der Waals surface area contributed by atoms with E-state index in [9.17, 15) is 14.4 Å². The fourth-order valence-corrected chi connectivity index (χ4v) is 3.55. The number of hydrogen-bond donors (Lipinski definition) is 0. The van der Waals surface area contributed by atoms with E-state index in [0.717, 1.165) is 68.8 Å². The van der Waals surface area contributed by atoms with Crippen molar-refractivity contribution in [3.05, 3.63) is 26.7 Å². The number of unbranched alkanes of at least 4 members (excludes halogenated alkanes) is 9. The minimum Gasteiger partial charge on any atom is -0.428 e. The van der Waals surface area contributed by atoms with Crippen molar-refractivity contribution < 1.29 is 18.7 Å². The smallest absolute Gasteiger partial charge is 0.425 e. The van der Waals surface area contributed by atoms with Crippen LogP contribution in [-0.2, 0) is 27.4 Å². The third kappa shape index (κ3) is 13.3. The van der Waals surface area contributed by atoms with Crippen molar-refractivity contribution in [1.82, 2.24) is 9.13 Å². The van der Waals surface area contributed by atoms with E-state index in [-0.39, 0.29) is 12.2 Å². The Balaban J connectivity index is 2.79. The summed E-state index contributed by atoms with van der Waals surface area (Å²) >= 11 is 0. The van der Waals surface area contributed by atoms with Crippen LogP contribution in [0.25, 0.3) is 0 Å². The molecule has 0 radical (unpaired) electrons. The van der Waals surface area contributed by atoms with Gasteiger partial charge in [-0.25, -0.2) is 33.5 Å². The van der Waals surface area contributed by atoms with Crippen molar-refractivity contribution in [2.75, 3.05) is 26.3 Å². The molecule has 1 heterocycles. The quantitative estimate of drug-likeness (QED) is 0.107. The minimum atomic E-state index is -0.720. The number of isocyanates is 1. The van der Waals surface area contributed by atoms with Crippen molar-refractivity contribution in [1.29, 1.82) is 10.5 Å². The molecule has 1 aromatic heterocycles. The molecule has 0 amide bonds. The highest BCUT2D eigenvalue weighted by atomic mass is 16.5. The van der Waals surface area contributed by atoms with Crippen molar-refractivity contribution in [3.63, 3.8) is 0 Å². The summed E-state index contributed by atoms with van der Waals surface area (Å²) < 4.78 is 17.3. The number of nitrogens with zero attached hydrogens (tertiary/aromatic N) is 6. The van der Waals surface area contributed by atoms with E-state index in [2.05, 4.69) is 19.5 Å². The van der Waals surface area contributed by atoms with E-state index in [0.29, 0.717) is 45.7 Å². The molecule has 0 saturated carbocycles. The fourth-order valence-electron chi connectivity index (χ4n) is 3.55. The molecule has 0 spiro atoms. The van der Waals surface area contributed by atoms with Gasteiger partial charge in [-0.2, -0.15) is 10.5 Å². The largest absolute Gasteiger partial charge is 0.428 e. The van der Waals surface area contributed by atoms with E-state index in [1.807, 2.05) is 0 Å². The summed E-state index contributed by atoms with van der Waals surface area (Å²) in [5.41, 5.74) is -0.398. The van der Waals surface area contributed by atoms with Crippen LogP contribution in [0.2, 0.25) is 0 Å². The molecule has 36 heavy (non-hydrogen) atoms. The van der Waals surface area contributed by atoms with Gasteiger partial charge in [0.2, 0.25) is 6.08 Å². The lowest BCUT2D eigenvalue weighted by Crippen LogP contribution is -2.47. The van der Waals surface area contributed by atoms with Gasteiger partial charge in [-0.05, 0) is 51.4 Å². The van der Waals surface area contributed by atoms with Gasteiger partial charge in [0.15, 0.2) is 0 Å². The molecule has 0 fully saturated rings. The summed E-state index contributed by atoms with van der Waals surface area (Å²) in [4.78, 5) is 43.6. The average molecular weight is 505 g/mol. The van der Waals surface area contributed by atoms with Gasteiger partial charge in [-0.15, -0.1) is 0 Å². The van der Waals surface area contributed by atoms with Crippen molar-refractivity contribution >= 4 is 6.08 Å². The Morgan fingerprint density at radius 3 is 1.83 bits per heavy atom. The molecule has 0 aromatic carbocycles. The first-order chi connectivity index (χ1) is 17.7. The van der Waals surface area contributed by atoms with Crippen LogP contribution in [0, 0.1) is 23.0 Å². The van der Waals surface area contributed by atoms with E-state index in [4.69, 9.17) is 14.9 Å². The zero-order chi connectivity index (χ0) is 26.3. The highest BCUT2D eigenvalue weighted by Gasteiger charge is 2.11. The molecule has 198 valence electrons. The second kappa shape index (κ2) is 20.7. The van der Waals surface area contributed by atoms with Gasteiger partial charge in [0.05, 0.1) is 6.54 Å². The number of rotatable bonds is 21. The van der Waals surface area contributed by atoms with Crippen LogP contribution < -0.4 is 17.1 Å². The molecular weight excluding hydrogens is 468 g/mol. The third-order valence-corrected chi connectivity index (χ3v) is 5.47. The number of carbonyl (C=O) groups excluding carboxylic acids is 1. The Morgan fingerprint density at radius 1 is 0.722 bits per heavy atom. The van der Waals surface area contributed by atoms with E-state index >= 15 is 0 Å². The normalized spacial score (nSPS) is 10.9. The van der Waals surface area contributed by atoms with Crippen LogP contribution in [0.4, 0.5) is 0 Å². The lowest BCUT2D eigenvalue weighted by Gasteiger charge is -2.10. The molecule has 1 rings (SSSR count). The summed E-state index contributed by atoms with van der Waals surface area (Å²) in [5, 5.41) is 16.8. The first-order valence-corrected chi connectivity index (χ1v) is 12.6. The number of hydrogen-bond acceptors (Lipinski definition) is 10. The van der Waals surface area contributed by atoms with Crippen LogP contribution >= 0.6 is 0 Å². The predicted molar refractivity (Wildman–Crippen MR) is 129 cm³/mol. The second-order valence-corrected chi connectivity index (χ2v) is 8.21. The number of aromatic nitrogens is 2. The molecular formula is C24H36N6O6. The lowest BCUT2D eigenvalue weighted by atomic mass is 10.2. The van der Waals surface area contributed by atoms with Crippen LogP contribution in [-0.4, -0.2) is 41.5 Å². The molecule has 0 aliphatic heterocycles. The summed E-state index contributed by atoms with van der Waals surface area (Å²) in [5.74, 6) is -0.720. The van der Waals surface area contributed by atoms with Crippen LogP contribution in [0.5, 0.6) is 0 Å². The zero-order valence-electron chi connectivity index (χ0n) is 20.9. The van der Waals surface area contributed by atoms with Crippen molar-refractivity contribution in [2.45, 2.75) is 90.1 Å². The van der Waals surface area contributed by atoms with Crippen molar-refractivity contribution in [2.24, 2.45) is 9.98 Å². The average Bonchev–Trinajstić information content (AvgIpc) is 2.87. The van der Waals surface area contributed by atoms with Crippen LogP contribution in [0.1, 0.15) is 77.0 Å². The van der Waals surface area contributed by atoms with E-state index in [1.54, 1.807) is 12.5 Å². The third-order valence-electron chi connectivity index (χ3n) is 5.47. The Kier molecular flexibility index (Phi) is 17.5. The van der Waals surface area contributed by atoms with Gasteiger partial charge < -0.3 is 13.9 Å². The lowest BCUT2D eigenvalue weighted by molar-refractivity contribution is 0.258. The maximum Gasteiger partial charge on any atom is 0.425 e. The van der Waals surface area contributed by atoms with Crippen molar-refractivity contribution in [3.8, 4) is 12.5 Å². The fraction of sp³-hybridized carbons (Fsp3) is 0.750. The maximum absolute atomic E-state index is 13.1. The number of aliphatic imine (C=N–C) groups is 1. The maximum atomic E-state index is 13.1. The molecule has 0 aliphatic rings. The summed E-state index contributed by atoms with van der Waals surface area (Å²) in [7, 11) is 0. The van der Waals surface area contributed by atoms with Gasteiger partial charge in [0.1, 0.15) is 13.2 Å². The minimum absolute atomic E-state index is 0.0357. The Hall–Kier alpha value is -3.63. The highest BCUT2D eigenvalue weighted by Crippen LogP contribution is 2.03. The zero-order valence-corrected chi connectivity index (χ0v) is 20.9. The number of ether oxygens (including phenoxy) is 2. The molecule has 0 aliphatic carbocycles. The van der Waals surface area contributed by atoms with Gasteiger partial charge >= 0.3 is 17.1 Å². The molecule has 0 unspecified atom stereocenters. The second-order valence-electron chi connectivity index (χ2n) is 8.21. The van der Waals surface area contributed by atoms with Gasteiger partial charge in [-0.3, -0.25) is 0 Å². The monoisotopic (exact) mass is 504 g/mol. The van der Waals surface area contributed by atoms with Gasteiger partial charge in [-0.1, -0.05) is 25.7 Å². The summed E-state index contributed by atoms with van der Waals surface area (Å²) in [6.45, 7) is 2.24. The molecule has 12 heteroatoms. The predicted octanol–water partition coefficient (Wildman–Crippen LogP) is 2.52. The highest BCUT2D eigenvalue weighted by molar-refractivity contribution is 5.32. The van der Waals surface area contributed by atoms with Crippen LogP contribution in [0.3, 0.4) is 0 Å². The Bertz CT molecular complexity index is 1060. The molecule has 0 N–H and O–H groups in total. The number of nitriles is 2. The standard InChI is InChI=1S/C24H36N6O6/c25-19-34-17-11-5-2-8-14-28-22-29(15-9-4-6-12-18-35-20-26)23(32)30(24(33)36-22)16-10-3-1-7-13-27-21-31/h1-18H2/b28-22+. The van der Waals surface area contributed by atoms with E-state index in [1.165, 1.54) is 10.6 Å². The van der Waals surface area contributed by atoms with E-state index < -0.39 is 11.4 Å². The van der Waals surface area contributed by atoms with Gasteiger partial charge in [0.25, 0.3) is 12.5 Å². The van der Waals surface area contributed by atoms with Crippen LogP contribution in [0.15, 0.2) is 24.0 Å². The molecule has 0 saturated heterocycles.